The number of nitrogens with one attached hydrogen (secondary N) is 1. The lowest BCUT2D eigenvalue weighted by molar-refractivity contribution is 0.106. The van der Waals surface area contributed by atoms with E-state index < -0.39 is 6.10 Å². The van der Waals surface area contributed by atoms with Crippen LogP contribution >= 0.6 is 15.9 Å². The number of rotatable bonds is 5. The summed E-state index contributed by atoms with van der Waals surface area (Å²) in [5.74, 6) is 0.401. The molecule has 2 N–H and O–H groups in total. The summed E-state index contributed by atoms with van der Waals surface area (Å²) >= 11 is 3.39. The lowest BCUT2D eigenvalue weighted by atomic mass is 9.93. The maximum Gasteiger partial charge on any atom is 0.0945 e. The van der Waals surface area contributed by atoms with Crippen molar-refractivity contribution in [3.8, 4) is 0 Å². The molecule has 0 aliphatic heterocycles. The third kappa shape index (κ3) is 3.58. The Hall–Kier alpha value is -0.380. The first-order chi connectivity index (χ1) is 7.56. The topological polar surface area (TPSA) is 32.3 Å². The van der Waals surface area contributed by atoms with Gasteiger partial charge in [-0.3, -0.25) is 0 Å². The van der Waals surface area contributed by atoms with Gasteiger partial charge in [0, 0.05) is 10.5 Å². The van der Waals surface area contributed by atoms with Crippen LogP contribution in [0.25, 0.3) is 0 Å². The van der Waals surface area contributed by atoms with Crippen molar-refractivity contribution in [3.05, 3.63) is 34.3 Å². The van der Waals surface area contributed by atoms with Crippen LogP contribution in [0.2, 0.25) is 0 Å². The molecule has 1 rings (SSSR count). The van der Waals surface area contributed by atoms with Crippen LogP contribution in [0.4, 0.5) is 0 Å². The molecule has 0 bridgehead atoms. The molecule has 0 spiro atoms. The average Bonchev–Trinajstić information content (AvgIpc) is 2.25. The summed E-state index contributed by atoms with van der Waals surface area (Å²) in [5.41, 5.74) is 0.961. The van der Waals surface area contributed by atoms with E-state index in [1.54, 1.807) is 0 Å². The highest BCUT2D eigenvalue weighted by Crippen LogP contribution is 2.23. The van der Waals surface area contributed by atoms with Crippen LogP contribution in [0.1, 0.15) is 32.4 Å². The van der Waals surface area contributed by atoms with Crippen LogP contribution in [-0.2, 0) is 0 Å². The summed E-state index contributed by atoms with van der Waals surface area (Å²) in [6.45, 7) is 7.17. The van der Waals surface area contributed by atoms with E-state index in [1.165, 1.54) is 0 Å². The molecular weight excluding hydrogens is 266 g/mol. The maximum atomic E-state index is 10.3. The molecule has 2 nitrogen and oxygen atoms in total. The molecule has 0 aliphatic rings. The van der Waals surface area contributed by atoms with E-state index >= 15 is 0 Å². The van der Waals surface area contributed by atoms with Gasteiger partial charge < -0.3 is 10.4 Å². The quantitative estimate of drug-likeness (QED) is 0.871. The second kappa shape index (κ2) is 6.38. The minimum absolute atomic E-state index is 0.103. The normalized spacial score (nSPS) is 15.1. The maximum absolute atomic E-state index is 10.3. The molecule has 0 radical (unpaired) electrons. The Morgan fingerprint density at radius 2 is 1.81 bits per heavy atom. The summed E-state index contributed by atoms with van der Waals surface area (Å²) in [5, 5.41) is 13.6. The van der Waals surface area contributed by atoms with E-state index in [9.17, 15) is 5.11 Å². The number of halogens is 1. The van der Waals surface area contributed by atoms with Gasteiger partial charge in [-0.1, -0.05) is 48.8 Å². The van der Waals surface area contributed by atoms with Crippen molar-refractivity contribution >= 4 is 15.9 Å². The van der Waals surface area contributed by atoms with Crippen LogP contribution in [0.5, 0.6) is 0 Å². The highest BCUT2D eigenvalue weighted by molar-refractivity contribution is 9.10. The molecule has 90 valence electrons. The Balaban J connectivity index is 2.81. The van der Waals surface area contributed by atoms with E-state index in [-0.39, 0.29) is 6.04 Å². The molecular formula is C13H20BrNO. The molecule has 0 aliphatic carbocycles. The summed E-state index contributed by atoms with van der Waals surface area (Å²) < 4.78 is 1.04. The van der Waals surface area contributed by atoms with Gasteiger partial charge in [0.15, 0.2) is 0 Å². The summed E-state index contributed by atoms with van der Waals surface area (Å²) in [7, 11) is 0. The zero-order chi connectivity index (χ0) is 12.1. The van der Waals surface area contributed by atoms with Crippen molar-refractivity contribution in [3.63, 3.8) is 0 Å². The molecule has 1 aromatic rings. The predicted molar refractivity (Wildman–Crippen MR) is 71.4 cm³/mol. The fraction of sp³-hybridized carbons (Fsp3) is 0.538. The molecule has 0 amide bonds. The van der Waals surface area contributed by atoms with Gasteiger partial charge in [0.2, 0.25) is 0 Å². The molecule has 0 aromatic heterocycles. The fourth-order valence-corrected chi connectivity index (χ4v) is 2.08. The molecule has 0 fully saturated rings. The monoisotopic (exact) mass is 285 g/mol. The SMILES string of the molecule is CCNC(C(C)C)C(O)c1ccc(Br)cc1. The molecule has 2 unspecified atom stereocenters. The lowest BCUT2D eigenvalue weighted by Crippen LogP contribution is -2.39. The van der Waals surface area contributed by atoms with Crippen LogP contribution in [0, 0.1) is 5.92 Å². The van der Waals surface area contributed by atoms with Crippen molar-refractivity contribution in [1.29, 1.82) is 0 Å². The first kappa shape index (κ1) is 13.7. The molecule has 0 saturated heterocycles. The standard InChI is InChI=1S/C13H20BrNO/c1-4-15-12(9(2)3)13(16)10-5-7-11(14)8-6-10/h5-9,12-13,15-16H,4H2,1-3H3. The number of likely N-dealkylation sites (N-methyl/N-ethyl adjacent to an activating group) is 1. The van der Waals surface area contributed by atoms with E-state index in [2.05, 4.69) is 42.0 Å². The number of aliphatic hydroxyl groups is 1. The molecule has 0 heterocycles. The van der Waals surface area contributed by atoms with E-state index in [0.717, 1.165) is 16.6 Å². The van der Waals surface area contributed by atoms with Crippen LogP contribution < -0.4 is 5.32 Å². The molecule has 3 heteroatoms. The summed E-state index contributed by atoms with van der Waals surface area (Å²) in [4.78, 5) is 0. The predicted octanol–water partition coefficient (Wildman–Crippen LogP) is 3.12. The zero-order valence-electron chi connectivity index (χ0n) is 10.1. The minimum Gasteiger partial charge on any atom is -0.387 e. The molecule has 1 aromatic carbocycles. The van der Waals surface area contributed by atoms with Crippen molar-refractivity contribution in [2.45, 2.75) is 32.9 Å². The highest BCUT2D eigenvalue weighted by Gasteiger charge is 2.22. The van der Waals surface area contributed by atoms with Crippen LogP contribution in [-0.4, -0.2) is 17.7 Å². The Morgan fingerprint density at radius 1 is 1.25 bits per heavy atom. The van der Waals surface area contributed by atoms with Gasteiger partial charge in [0.25, 0.3) is 0 Å². The van der Waals surface area contributed by atoms with Gasteiger partial charge in [-0.2, -0.15) is 0 Å². The minimum atomic E-state index is -0.451. The second-order valence-electron chi connectivity index (χ2n) is 4.32. The van der Waals surface area contributed by atoms with Crippen molar-refractivity contribution < 1.29 is 5.11 Å². The van der Waals surface area contributed by atoms with Gasteiger partial charge in [-0.25, -0.2) is 0 Å². The van der Waals surface area contributed by atoms with E-state index in [0.29, 0.717) is 5.92 Å². The lowest BCUT2D eigenvalue weighted by Gasteiger charge is -2.27. The third-order valence-electron chi connectivity index (χ3n) is 2.71. The molecule has 2 atom stereocenters. The first-order valence-corrected chi connectivity index (χ1v) is 6.52. The van der Waals surface area contributed by atoms with Gasteiger partial charge in [0.05, 0.1) is 6.10 Å². The van der Waals surface area contributed by atoms with Crippen molar-refractivity contribution in [2.24, 2.45) is 5.92 Å². The average molecular weight is 286 g/mol. The van der Waals surface area contributed by atoms with Gasteiger partial charge in [0.1, 0.15) is 0 Å². The Kier molecular flexibility index (Phi) is 5.46. The Bertz CT molecular complexity index is 310. The fourth-order valence-electron chi connectivity index (χ4n) is 1.81. The zero-order valence-corrected chi connectivity index (χ0v) is 11.7. The van der Waals surface area contributed by atoms with Gasteiger partial charge in [-0.15, -0.1) is 0 Å². The molecule has 16 heavy (non-hydrogen) atoms. The number of hydrogen-bond acceptors (Lipinski definition) is 2. The van der Waals surface area contributed by atoms with Crippen molar-refractivity contribution in [2.75, 3.05) is 6.54 Å². The largest absolute Gasteiger partial charge is 0.387 e. The van der Waals surface area contributed by atoms with E-state index in [1.807, 2.05) is 24.3 Å². The van der Waals surface area contributed by atoms with Crippen molar-refractivity contribution in [1.82, 2.24) is 5.32 Å². The third-order valence-corrected chi connectivity index (χ3v) is 3.24. The van der Waals surface area contributed by atoms with Crippen LogP contribution in [0.15, 0.2) is 28.7 Å². The number of benzene rings is 1. The molecule has 0 saturated carbocycles. The Labute approximate surface area is 106 Å². The van der Waals surface area contributed by atoms with Crippen LogP contribution in [0.3, 0.4) is 0 Å². The summed E-state index contributed by atoms with van der Waals surface area (Å²) in [6.07, 6.45) is -0.451. The first-order valence-electron chi connectivity index (χ1n) is 5.73. The number of hydrogen-bond donors (Lipinski definition) is 2. The van der Waals surface area contributed by atoms with Gasteiger partial charge >= 0.3 is 0 Å². The summed E-state index contributed by atoms with van der Waals surface area (Å²) in [6, 6.07) is 7.94. The number of aliphatic hydroxyl groups excluding tert-OH is 1. The highest BCUT2D eigenvalue weighted by atomic mass is 79.9. The Morgan fingerprint density at radius 3 is 2.25 bits per heavy atom. The second-order valence-corrected chi connectivity index (χ2v) is 5.24. The van der Waals surface area contributed by atoms with Gasteiger partial charge in [-0.05, 0) is 30.2 Å². The van der Waals surface area contributed by atoms with E-state index in [4.69, 9.17) is 0 Å². The smallest absolute Gasteiger partial charge is 0.0945 e.